The summed E-state index contributed by atoms with van der Waals surface area (Å²) in [5, 5.41) is 15.6. The molecule has 1 unspecified atom stereocenters. The number of hydrogen-bond donors (Lipinski definition) is 4. The maximum atomic E-state index is 14.1. The molecule has 0 amide bonds. The van der Waals surface area contributed by atoms with E-state index in [4.69, 9.17) is 4.74 Å². The molecular formula is C20H32FN5O4S. The van der Waals surface area contributed by atoms with E-state index in [0.29, 0.717) is 24.7 Å². The fraction of sp³-hybridized carbons (Fsp3) is 0.600. The lowest BCUT2D eigenvalue weighted by atomic mass is 9.96. The molecule has 0 saturated carbocycles. The second kappa shape index (κ2) is 10.8. The van der Waals surface area contributed by atoms with Gasteiger partial charge in [-0.25, -0.2) is 22.8 Å². The van der Waals surface area contributed by atoms with Gasteiger partial charge in [0.05, 0.1) is 26.0 Å². The fourth-order valence-electron chi connectivity index (χ4n) is 3.29. The van der Waals surface area contributed by atoms with Gasteiger partial charge in [0.25, 0.3) is 0 Å². The molecule has 11 heteroatoms. The van der Waals surface area contributed by atoms with Crippen LogP contribution in [-0.2, 0) is 10.0 Å². The zero-order valence-corrected chi connectivity index (χ0v) is 19.3. The molecular weight excluding hydrogens is 425 g/mol. The van der Waals surface area contributed by atoms with E-state index < -0.39 is 22.0 Å². The van der Waals surface area contributed by atoms with Gasteiger partial charge in [0.15, 0.2) is 11.6 Å². The number of hydrogen-bond acceptors (Lipinski definition) is 8. The van der Waals surface area contributed by atoms with Gasteiger partial charge in [-0.2, -0.15) is 0 Å². The van der Waals surface area contributed by atoms with Crippen LogP contribution in [0.5, 0.6) is 5.75 Å². The van der Waals surface area contributed by atoms with Gasteiger partial charge in [0.2, 0.25) is 21.9 Å². The van der Waals surface area contributed by atoms with Crippen molar-refractivity contribution in [3.05, 3.63) is 29.6 Å². The highest BCUT2D eigenvalue weighted by atomic mass is 32.2. The molecule has 0 saturated heterocycles. The van der Waals surface area contributed by atoms with Crippen LogP contribution in [0.1, 0.15) is 45.1 Å². The van der Waals surface area contributed by atoms with Crippen molar-refractivity contribution in [2.75, 3.05) is 20.0 Å². The van der Waals surface area contributed by atoms with Crippen molar-refractivity contribution < 1.29 is 22.7 Å². The van der Waals surface area contributed by atoms with Crippen LogP contribution in [0.25, 0.3) is 0 Å². The van der Waals surface area contributed by atoms with Gasteiger partial charge in [-0.3, -0.25) is 10.0 Å². The van der Waals surface area contributed by atoms with Crippen LogP contribution in [0, 0.1) is 11.7 Å². The highest BCUT2D eigenvalue weighted by Gasteiger charge is 2.23. The SMILES string of the molecule is COc1ccc([C@@H](C)CC2N=C(N[C@@H](CO)CC(C)C)NC(NS(C)(=O)=O)=N2)cc1F. The number of methoxy groups -OCH3 is 1. The third kappa shape index (κ3) is 7.98. The Morgan fingerprint density at radius 1 is 1.26 bits per heavy atom. The molecule has 1 aliphatic rings. The molecule has 0 bridgehead atoms. The zero-order chi connectivity index (χ0) is 23.2. The normalized spacial score (nSPS) is 18.5. The maximum absolute atomic E-state index is 14.1. The second-order valence-corrected chi connectivity index (χ2v) is 9.87. The van der Waals surface area contributed by atoms with Gasteiger partial charge in [-0.1, -0.05) is 26.8 Å². The number of nitrogens with one attached hydrogen (secondary N) is 3. The molecule has 0 aromatic heterocycles. The third-order valence-corrected chi connectivity index (χ3v) is 5.27. The van der Waals surface area contributed by atoms with Crippen LogP contribution in [0.4, 0.5) is 4.39 Å². The van der Waals surface area contributed by atoms with E-state index in [2.05, 4.69) is 25.3 Å². The van der Waals surface area contributed by atoms with E-state index in [-0.39, 0.29) is 30.3 Å². The number of halogens is 1. The standard InChI is InChI=1S/C20H32FN5O4S/c1-12(2)8-15(11-27)22-19-23-18(24-20(25-19)26-31(5,28)29)9-13(3)14-6-7-17(30-4)16(21)10-14/h6-7,10,12-13,15,18,27H,8-9,11H2,1-5H3,(H3,22,23,24,25,26)/t13-,15+,18?/m0/s1. The summed E-state index contributed by atoms with van der Waals surface area (Å²) < 4.78 is 44.8. The Morgan fingerprint density at radius 2 is 1.94 bits per heavy atom. The Balaban J connectivity index is 2.22. The van der Waals surface area contributed by atoms with E-state index in [9.17, 15) is 17.9 Å². The van der Waals surface area contributed by atoms with Gasteiger partial charge < -0.3 is 15.2 Å². The van der Waals surface area contributed by atoms with Crippen molar-refractivity contribution in [2.24, 2.45) is 15.9 Å². The van der Waals surface area contributed by atoms with Crippen molar-refractivity contribution in [2.45, 2.75) is 51.7 Å². The van der Waals surface area contributed by atoms with E-state index >= 15 is 0 Å². The van der Waals surface area contributed by atoms with E-state index in [0.717, 1.165) is 11.8 Å². The number of guanidine groups is 2. The summed E-state index contributed by atoms with van der Waals surface area (Å²) in [7, 11) is -2.15. The molecule has 4 N–H and O–H groups in total. The molecule has 0 fully saturated rings. The Kier molecular flexibility index (Phi) is 8.63. The first-order chi connectivity index (χ1) is 14.5. The minimum absolute atomic E-state index is 0.0411. The summed E-state index contributed by atoms with van der Waals surface area (Å²) >= 11 is 0. The largest absolute Gasteiger partial charge is 0.494 e. The first kappa shape index (κ1) is 24.9. The minimum Gasteiger partial charge on any atom is -0.494 e. The summed E-state index contributed by atoms with van der Waals surface area (Å²) in [6, 6.07) is 4.51. The average Bonchev–Trinajstić information content (AvgIpc) is 2.65. The maximum Gasteiger partial charge on any atom is 0.232 e. The number of aliphatic hydroxyl groups excluding tert-OH is 1. The van der Waals surface area contributed by atoms with Crippen molar-refractivity contribution in [1.82, 2.24) is 15.4 Å². The molecule has 1 aromatic rings. The van der Waals surface area contributed by atoms with Gasteiger partial charge in [0.1, 0.15) is 6.17 Å². The molecule has 174 valence electrons. The second-order valence-electron chi connectivity index (χ2n) is 8.12. The minimum atomic E-state index is -3.56. The van der Waals surface area contributed by atoms with Crippen molar-refractivity contribution in [3.63, 3.8) is 0 Å². The Bertz CT molecular complexity index is 920. The van der Waals surface area contributed by atoms with Gasteiger partial charge >= 0.3 is 0 Å². The number of nitrogens with zero attached hydrogens (tertiary/aromatic N) is 2. The highest BCUT2D eigenvalue weighted by Crippen LogP contribution is 2.27. The number of sulfonamides is 1. The molecule has 1 aromatic carbocycles. The van der Waals surface area contributed by atoms with Gasteiger partial charge in [-0.05, 0) is 42.4 Å². The van der Waals surface area contributed by atoms with Crippen LogP contribution < -0.4 is 20.1 Å². The third-order valence-electron chi connectivity index (χ3n) is 4.70. The Hall–Kier alpha value is -2.40. The quantitative estimate of drug-likeness (QED) is 0.446. The molecule has 2 rings (SSSR count). The summed E-state index contributed by atoms with van der Waals surface area (Å²) in [6.45, 7) is 5.89. The number of aliphatic imine (C=N–C) groups is 2. The van der Waals surface area contributed by atoms with Gasteiger partial charge in [-0.15, -0.1) is 0 Å². The molecule has 0 radical (unpaired) electrons. The van der Waals surface area contributed by atoms with E-state index in [1.807, 2.05) is 20.8 Å². The van der Waals surface area contributed by atoms with Crippen LogP contribution in [0.15, 0.2) is 28.2 Å². The molecule has 0 spiro atoms. The average molecular weight is 458 g/mol. The summed E-state index contributed by atoms with van der Waals surface area (Å²) in [6.07, 6.45) is 1.55. The summed E-state index contributed by atoms with van der Waals surface area (Å²) in [5.74, 6) is 0.307. The van der Waals surface area contributed by atoms with Crippen molar-refractivity contribution >= 4 is 21.9 Å². The topological polar surface area (TPSA) is 124 Å². The van der Waals surface area contributed by atoms with Crippen molar-refractivity contribution in [1.29, 1.82) is 0 Å². The number of benzene rings is 1. The molecule has 9 nitrogen and oxygen atoms in total. The van der Waals surface area contributed by atoms with Crippen LogP contribution in [0.2, 0.25) is 0 Å². The van der Waals surface area contributed by atoms with Crippen LogP contribution >= 0.6 is 0 Å². The summed E-state index contributed by atoms with van der Waals surface area (Å²) in [5.41, 5.74) is 0.752. The Labute approximate surface area is 183 Å². The molecule has 3 atom stereocenters. The smallest absolute Gasteiger partial charge is 0.232 e. The van der Waals surface area contributed by atoms with E-state index in [1.165, 1.54) is 13.2 Å². The number of rotatable bonds is 9. The lowest BCUT2D eigenvalue weighted by molar-refractivity contribution is 0.237. The highest BCUT2D eigenvalue weighted by molar-refractivity contribution is 7.89. The first-order valence-electron chi connectivity index (χ1n) is 10.1. The first-order valence-corrected chi connectivity index (χ1v) is 12.0. The predicted molar refractivity (Wildman–Crippen MR) is 119 cm³/mol. The predicted octanol–water partition coefficient (Wildman–Crippen LogP) is 1.52. The van der Waals surface area contributed by atoms with Gasteiger partial charge in [0, 0.05) is 0 Å². The zero-order valence-electron chi connectivity index (χ0n) is 18.5. The number of aliphatic hydroxyl groups is 1. The van der Waals surface area contributed by atoms with E-state index in [1.54, 1.807) is 12.1 Å². The number of ether oxygens (including phenoxy) is 1. The molecule has 31 heavy (non-hydrogen) atoms. The fourth-order valence-corrected chi connectivity index (χ4v) is 3.75. The lowest BCUT2D eigenvalue weighted by Crippen LogP contribution is -2.54. The molecule has 1 heterocycles. The Morgan fingerprint density at radius 3 is 2.48 bits per heavy atom. The summed E-state index contributed by atoms with van der Waals surface area (Å²) in [4.78, 5) is 8.86. The van der Waals surface area contributed by atoms with Crippen LogP contribution in [0.3, 0.4) is 0 Å². The lowest BCUT2D eigenvalue weighted by Gasteiger charge is -2.27. The van der Waals surface area contributed by atoms with Crippen LogP contribution in [-0.4, -0.2) is 57.6 Å². The molecule has 0 aliphatic carbocycles. The monoisotopic (exact) mass is 457 g/mol. The molecule has 1 aliphatic heterocycles. The van der Waals surface area contributed by atoms with Crippen molar-refractivity contribution in [3.8, 4) is 5.75 Å².